The highest BCUT2D eigenvalue weighted by Crippen LogP contribution is 2.33. The Balaban J connectivity index is 2.19. The zero-order chi connectivity index (χ0) is 13.1. The summed E-state index contributed by atoms with van der Waals surface area (Å²) in [7, 11) is 0. The average molecular weight is 372 g/mol. The van der Waals surface area contributed by atoms with Gasteiger partial charge in [-0.1, -0.05) is 56.1 Å². The van der Waals surface area contributed by atoms with Crippen molar-refractivity contribution in [2.75, 3.05) is 0 Å². The molecule has 0 aromatic heterocycles. The van der Waals surface area contributed by atoms with Crippen molar-refractivity contribution in [2.45, 2.75) is 18.2 Å². The minimum absolute atomic E-state index is 0.175. The maximum absolute atomic E-state index is 13.1. The minimum Gasteiger partial charge on any atom is -0.207 e. The second-order valence-electron chi connectivity index (χ2n) is 4.33. The quantitative estimate of drug-likeness (QED) is 0.618. The molecule has 2 aromatic carbocycles. The number of rotatable bonds is 3. The number of benzene rings is 2. The predicted octanol–water partition coefficient (Wildman–Crippen LogP) is 5.58. The van der Waals surface area contributed by atoms with Crippen LogP contribution in [-0.4, -0.2) is 0 Å². The van der Waals surface area contributed by atoms with E-state index in [0.717, 1.165) is 16.5 Å². The van der Waals surface area contributed by atoms with Gasteiger partial charge in [-0.05, 0) is 48.2 Å². The van der Waals surface area contributed by atoms with Crippen LogP contribution < -0.4 is 0 Å². The Kier molecular flexibility index (Phi) is 4.57. The summed E-state index contributed by atoms with van der Waals surface area (Å²) < 4.78 is 14.2. The molecule has 0 bridgehead atoms. The van der Waals surface area contributed by atoms with E-state index in [1.807, 2.05) is 6.07 Å². The van der Waals surface area contributed by atoms with E-state index >= 15 is 0 Å². The third-order valence-electron chi connectivity index (χ3n) is 2.80. The minimum atomic E-state index is -0.185. The molecule has 0 N–H and O–H groups in total. The van der Waals surface area contributed by atoms with Crippen LogP contribution in [0.2, 0.25) is 0 Å². The Hall–Kier alpha value is -0.670. The first kappa shape index (κ1) is 13.8. The number of halogens is 3. The Bertz CT molecular complexity index is 552. The summed E-state index contributed by atoms with van der Waals surface area (Å²) in [6.45, 7) is 2.06. The van der Waals surface area contributed by atoms with Gasteiger partial charge in [0, 0.05) is 9.30 Å². The number of hydrogen-bond donors (Lipinski definition) is 0. The molecule has 0 radical (unpaired) electrons. The lowest BCUT2D eigenvalue weighted by Gasteiger charge is -2.13. The highest BCUT2D eigenvalue weighted by atomic mass is 79.9. The van der Waals surface area contributed by atoms with E-state index in [4.69, 9.17) is 0 Å². The molecule has 0 aliphatic carbocycles. The van der Waals surface area contributed by atoms with Gasteiger partial charge >= 0.3 is 0 Å². The van der Waals surface area contributed by atoms with E-state index in [1.54, 1.807) is 12.1 Å². The molecule has 0 aliphatic heterocycles. The molecular formula is C15H13Br2F. The third kappa shape index (κ3) is 3.42. The molecule has 2 aromatic rings. The summed E-state index contributed by atoms with van der Waals surface area (Å²) in [5.74, 6) is -0.185. The van der Waals surface area contributed by atoms with Crippen molar-refractivity contribution in [3.05, 3.63) is 69.4 Å². The Morgan fingerprint density at radius 3 is 2.61 bits per heavy atom. The zero-order valence-corrected chi connectivity index (χ0v) is 13.1. The lowest BCUT2D eigenvalue weighted by atomic mass is 10.0. The van der Waals surface area contributed by atoms with Crippen LogP contribution in [0.5, 0.6) is 0 Å². The van der Waals surface area contributed by atoms with Crippen LogP contribution in [-0.2, 0) is 6.42 Å². The summed E-state index contributed by atoms with van der Waals surface area (Å²) in [6, 6.07) is 13.0. The maximum Gasteiger partial charge on any atom is 0.123 e. The normalized spacial score (nSPS) is 12.4. The fourth-order valence-corrected chi connectivity index (χ4v) is 3.72. The van der Waals surface area contributed by atoms with Gasteiger partial charge in [-0.15, -0.1) is 0 Å². The van der Waals surface area contributed by atoms with E-state index in [2.05, 4.69) is 57.0 Å². The summed E-state index contributed by atoms with van der Waals surface area (Å²) in [5, 5.41) is 0. The van der Waals surface area contributed by atoms with Crippen molar-refractivity contribution in [1.29, 1.82) is 0 Å². The largest absolute Gasteiger partial charge is 0.207 e. The molecule has 1 unspecified atom stereocenters. The molecule has 0 saturated heterocycles. The van der Waals surface area contributed by atoms with Crippen LogP contribution >= 0.6 is 31.9 Å². The number of hydrogen-bond acceptors (Lipinski definition) is 0. The smallest absolute Gasteiger partial charge is 0.123 e. The molecule has 0 fully saturated rings. The monoisotopic (exact) mass is 370 g/mol. The summed E-state index contributed by atoms with van der Waals surface area (Å²) in [4.78, 5) is 0.175. The van der Waals surface area contributed by atoms with Crippen LogP contribution in [0.15, 0.2) is 46.9 Å². The van der Waals surface area contributed by atoms with E-state index in [9.17, 15) is 4.39 Å². The topological polar surface area (TPSA) is 0 Å². The van der Waals surface area contributed by atoms with Gasteiger partial charge in [-0.3, -0.25) is 0 Å². The van der Waals surface area contributed by atoms with Gasteiger partial charge in [-0.25, -0.2) is 4.39 Å². The second-order valence-corrected chi connectivity index (χ2v) is 6.29. The van der Waals surface area contributed by atoms with Crippen molar-refractivity contribution < 1.29 is 4.39 Å². The zero-order valence-electron chi connectivity index (χ0n) is 9.96. The molecule has 3 heteroatoms. The first-order valence-corrected chi connectivity index (χ1v) is 7.41. The van der Waals surface area contributed by atoms with E-state index in [1.165, 1.54) is 17.2 Å². The molecule has 1 atom stereocenters. The van der Waals surface area contributed by atoms with Gasteiger partial charge in [0.25, 0.3) is 0 Å². The first-order valence-electron chi connectivity index (χ1n) is 5.71. The van der Waals surface area contributed by atoms with E-state index in [-0.39, 0.29) is 10.6 Å². The molecule has 94 valence electrons. The van der Waals surface area contributed by atoms with Gasteiger partial charge in [0.15, 0.2) is 0 Å². The van der Waals surface area contributed by atoms with Crippen molar-refractivity contribution in [3.8, 4) is 0 Å². The van der Waals surface area contributed by atoms with Gasteiger partial charge < -0.3 is 0 Å². The SMILES string of the molecule is Cc1ccc(C(Br)Cc2cccc(F)c2)c(Br)c1. The van der Waals surface area contributed by atoms with Crippen LogP contribution in [0.3, 0.4) is 0 Å². The standard InChI is InChI=1S/C15H13Br2F/c1-10-5-6-13(14(16)7-10)15(17)9-11-3-2-4-12(18)8-11/h2-8,15H,9H2,1H3. The molecule has 0 aliphatic rings. The maximum atomic E-state index is 13.1. The molecule has 0 heterocycles. The molecule has 2 rings (SSSR count). The van der Waals surface area contributed by atoms with Crippen molar-refractivity contribution in [1.82, 2.24) is 0 Å². The first-order chi connectivity index (χ1) is 8.56. The average Bonchev–Trinajstić information content (AvgIpc) is 2.28. The Morgan fingerprint density at radius 1 is 1.17 bits per heavy atom. The van der Waals surface area contributed by atoms with Gasteiger partial charge in [0.05, 0.1) is 0 Å². The molecule has 0 amide bonds. The molecule has 18 heavy (non-hydrogen) atoms. The van der Waals surface area contributed by atoms with Crippen LogP contribution in [0.25, 0.3) is 0 Å². The summed E-state index contributed by atoms with van der Waals surface area (Å²) >= 11 is 7.24. The number of aryl methyl sites for hydroxylation is 1. The highest BCUT2D eigenvalue weighted by Gasteiger charge is 2.12. The Morgan fingerprint density at radius 2 is 1.94 bits per heavy atom. The Labute approximate surface area is 123 Å². The number of alkyl halides is 1. The van der Waals surface area contributed by atoms with E-state index < -0.39 is 0 Å². The molecular weight excluding hydrogens is 359 g/mol. The summed E-state index contributed by atoms with van der Waals surface area (Å²) in [5.41, 5.74) is 3.39. The van der Waals surface area contributed by atoms with E-state index in [0.29, 0.717) is 0 Å². The van der Waals surface area contributed by atoms with Crippen LogP contribution in [0, 0.1) is 12.7 Å². The van der Waals surface area contributed by atoms with Crippen molar-refractivity contribution >= 4 is 31.9 Å². The second kappa shape index (κ2) is 5.98. The van der Waals surface area contributed by atoms with Crippen LogP contribution in [0.1, 0.15) is 21.5 Å². The highest BCUT2D eigenvalue weighted by molar-refractivity contribution is 9.11. The lowest BCUT2D eigenvalue weighted by Crippen LogP contribution is -1.97. The van der Waals surface area contributed by atoms with Crippen LogP contribution in [0.4, 0.5) is 4.39 Å². The molecule has 0 spiro atoms. The van der Waals surface area contributed by atoms with Gasteiger partial charge in [0.1, 0.15) is 5.82 Å². The predicted molar refractivity (Wildman–Crippen MR) is 80.7 cm³/mol. The molecule has 0 saturated carbocycles. The van der Waals surface area contributed by atoms with Gasteiger partial charge in [0.2, 0.25) is 0 Å². The fraction of sp³-hybridized carbons (Fsp3) is 0.200. The van der Waals surface area contributed by atoms with Crippen molar-refractivity contribution in [2.24, 2.45) is 0 Å². The third-order valence-corrected chi connectivity index (χ3v) is 4.30. The lowest BCUT2D eigenvalue weighted by molar-refractivity contribution is 0.625. The summed E-state index contributed by atoms with van der Waals surface area (Å²) in [6.07, 6.45) is 0.763. The van der Waals surface area contributed by atoms with Crippen molar-refractivity contribution in [3.63, 3.8) is 0 Å². The fourth-order valence-electron chi connectivity index (χ4n) is 1.87. The molecule has 0 nitrogen and oxygen atoms in total. The van der Waals surface area contributed by atoms with Gasteiger partial charge in [-0.2, -0.15) is 0 Å².